The summed E-state index contributed by atoms with van der Waals surface area (Å²) in [5.74, 6) is 0.595. The van der Waals surface area contributed by atoms with E-state index < -0.39 is 4.92 Å². The van der Waals surface area contributed by atoms with Gasteiger partial charge in [0, 0.05) is 23.7 Å². The third-order valence-electron chi connectivity index (χ3n) is 3.44. The van der Waals surface area contributed by atoms with Crippen LogP contribution in [-0.2, 0) is 6.54 Å². The van der Waals surface area contributed by atoms with E-state index in [4.69, 9.17) is 0 Å². The van der Waals surface area contributed by atoms with Gasteiger partial charge in [0.05, 0.1) is 11.5 Å². The Morgan fingerprint density at radius 2 is 2.20 bits per heavy atom. The van der Waals surface area contributed by atoms with E-state index in [2.05, 4.69) is 15.4 Å². The number of nitro groups is 1. The van der Waals surface area contributed by atoms with Crippen LogP contribution in [0.2, 0.25) is 0 Å². The second-order valence-electron chi connectivity index (χ2n) is 4.89. The zero-order chi connectivity index (χ0) is 13.9. The Morgan fingerprint density at radius 1 is 1.40 bits per heavy atom. The smallest absolute Gasteiger partial charge is 0.269 e. The zero-order valence-electron chi connectivity index (χ0n) is 10.9. The first-order valence-electron chi connectivity index (χ1n) is 6.60. The number of nitro benzene ring substituents is 1. The van der Waals surface area contributed by atoms with E-state index in [9.17, 15) is 10.1 Å². The molecule has 7 heteroatoms. The molecule has 1 unspecified atom stereocenters. The Bertz CT molecular complexity index is 601. The van der Waals surface area contributed by atoms with Gasteiger partial charge in [-0.15, -0.1) is 0 Å². The molecule has 1 aromatic heterocycles. The molecule has 2 heterocycles. The summed E-state index contributed by atoms with van der Waals surface area (Å²) in [5.41, 5.74) is 0.858. The number of benzene rings is 1. The summed E-state index contributed by atoms with van der Waals surface area (Å²) in [6.45, 7) is 1.87. The number of rotatable bonds is 4. The molecule has 1 aliphatic rings. The van der Waals surface area contributed by atoms with Gasteiger partial charge in [0.2, 0.25) is 0 Å². The number of nitrogens with zero attached hydrogens (tertiary/aromatic N) is 4. The Morgan fingerprint density at radius 3 is 2.85 bits per heavy atom. The van der Waals surface area contributed by atoms with E-state index in [1.807, 2.05) is 4.68 Å². The molecule has 1 atom stereocenters. The van der Waals surface area contributed by atoms with Gasteiger partial charge in [-0.2, -0.15) is 5.10 Å². The predicted octanol–water partition coefficient (Wildman–Crippen LogP) is 1.61. The van der Waals surface area contributed by atoms with Crippen molar-refractivity contribution in [1.82, 2.24) is 20.1 Å². The lowest BCUT2D eigenvalue weighted by Gasteiger charge is -2.08. The van der Waals surface area contributed by atoms with E-state index >= 15 is 0 Å². The minimum atomic E-state index is -0.415. The van der Waals surface area contributed by atoms with Crippen molar-refractivity contribution in [3.63, 3.8) is 0 Å². The van der Waals surface area contributed by atoms with Crippen molar-refractivity contribution in [2.45, 2.75) is 25.4 Å². The quantitative estimate of drug-likeness (QED) is 0.675. The molecular formula is C13H15N5O2. The Kier molecular flexibility index (Phi) is 3.42. The van der Waals surface area contributed by atoms with Gasteiger partial charge in [-0.25, -0.2) is 4.98 Å². The minimum Gasteiger partial charge on any atom is -0.312 e. The number of non-ortho nitro benzene ring substituents is 1. The molecule has 2 aromatic rings. The lowest BCUT2D eigenvalue weighted by molar-refractivity contribution is -0.384. The van der Waals surface area contributed by atoms with Gasteiger partial charge in [0.1, 0.15) is 6.33 Å². The summed E-state index contributed by atoms with van der Waals surface area (Å²) < 4.78 is 1.82. The van der Waals surface area contributed by atoms with Gasteiger partial charge < -0.3 is 5.32 Å². The maximum absolute atomic E-state index is 10.6. The normalized spacial score (nSPS) is 18.3. The maximum Gasteiger partial charge on any atom is 0.269 e. The molecule has 1 N–H and O–H groups in total. The Hall–Kier alpha value is -2.28. The lowest BCUT2D eigenvalue weighted by atomic mass is 10.2. The highest BCUT2D eigenvalue weighted by Crippen LogP contribution is 2.19. The van der Waals surface area contributed by atoms with Crippen molar-refractivity contribution in [3.8, 4) is 11.4 Å². The standard InChI is InChI=1S/C13H15N5O2/c19-18(20)12-5-3-10(4-6-12)13-15-9-17(16-13)8-11-2-1-7-14-11/h3-6,9,11,14H,1-2,7-8H2. The summed E-state index contributed by atoms with van der Waals surface area (Å²) in [6.07, 6.45) is 4.07. The van der Waals surface area contributed by atoms with E-state index in [0.717, 1.165) is 25.1 Å². The van der Waals surface area contributed by atoms with Crippen LogP contribution in [0.1, 0.15) is 12.8 Å². The highest BCUT2D eigenvalue weighted by molar-refractivity contribution is 5.56. The fourth-order valence-electron chi connectivity index (χ4n) is 2.39. The molecule has 1 saturated heterocycles. The van der Waals surface area contributed by atoms with Gasteiger partial charge in [-0.05, 0) is 31.5 Å². The van der Waals surface area contributed by atoms with Crippen molar-refractivity contribution in [1.29, 1.82) is 0 Å². The summed E-state index contributed by atoms with van der Waals surface area (Å²) in [7, 11) is 0. The molecule has 0 bridgehead atoms. The number of hydrogen-bond donors (Lipinski definition) is 1. The van der Waals surface area contributed by atoms with Crippen LogP contribution in [0.15, 0.2) is 30.6 Å². The Balaban J connectivity index is 1.73. The van der Waals surface area contributed by atoms with Crippen molar-refractivity contribution in [3.05, 3.63) is 40.7 Å². The van der Waals surface area contributed by atoms with Crippen LogP contribution in [0.3, 0.4) is 0 Å². The molecular weight excluding hydrogens is 258 g/mol. The second-order valence-corrected chi connectivity index (χ2v) is 4.89. The van der Waals surface area contributed by atoms with Gasteiger partial charge >= 0.3 is 0 Å². The van der Waals surface area contributed by atoms with Gasteiger partial charge in [-0.1, -0.05) is 0 Å². The molecule has 20 heavy (non-hydrogen) atoms. The number of hydrogen-bond acceptors (Lipinski definition) is 5. The molecule has 0 aliphatic carbocycles. The predicted molar refractivity (Wildman–Crippen MR) is 73.1 cm³/mol. The first kappa shape index (κ1) is 12.7. The van der Waals surface area contributed by atoms with Crippen LogP contribution in [0.4, 0.5) is 5.69 Å². The van der Waals surface area contributed by atoms with Crippen LogP contribution in [0, 0.1) is 10.1 Å². The summed E-state index contributed by atoms with van der Waals surface area (Å²) in [4.78, 5) is 14.5. The molecule has 0 saturated carbocycles. The van der Waals surface area contributed by atoms with Crippen molar-refractivity contribution in [2.75, 3.05) is 6.54 Å². The molecule has 0 radical (unpaired) electrons. The average molecular weight is 273 g/mol. The topological polar surface area (TPSA) is 85.9 Å². The highest BCUT2D eigenvalue weighted by Gasteiger charge is 2.15. The summed E-state index contributed by atoms with van der Waals surface area (Å²) in [6, 6.07) is 6.74. The van der Waals surface area contributed by atoms with Crippen LogP contribution < -0.4 is 5.32 Å². The molecule has 0 spiro atoms. The molecule has 3 rings (SSSR count). The van der Waals surface area contributed by atoms with Gasteiger partial charge in [0.25, 0.3) is 5.69 Å². The van der Waals surface area contributed by atoms with Crippen molar-refractivity contribution < 1.29 is 4.92 Å². The SMILES string of the molecule is O=[N+]([O-])c1ccc(-c2ncn(CC3CCCN3)n2)cc1. The Labute approximate surface area is 115 Å². The summed E-state index contributed by atoms with van der Waals surface area (Å²) >= 11 is 0. The van der Waals surface area contributed by atoms with Crippen LogP contribution in [0.5, 0.6) is 0 Å². The van der Waals surface area contributed by atoms with E-state index in [1.54, 1.807) is 18.5 Å². The van der Waals surface area contributed by atoms with Crippen molar-refractivity contribution >= 4 is 5.69 Å². The molecule has 1 aromatic carbocycles. The van der Waals surface area contributed by atoms with Gasteiger partial charge in [0.15, 0.2) is 5.82 Å². The first-order valence-corrected chi connectivity index (χ1v) is 6.60. The fourth-order valence-corrected chi connectivity index (χ4v) is 2.39. The maximum atomic E-state index is 10.6. The first-order chi connectivity index (χ1) is 9.72. The zero-order valence-corrected chi connectivity index (χ0v) is 10.9. The molecule has 7 nitrogen and oxygen atoms in total. The average Bonchev–Trinajstić information content (AvgIpc) is 3.11. The largest absolute Gasteiger partial charge is 0.312 e. The highest BCUT2D eigenvalue weighted by atomic mass is 16.6. The fraction of sp³-hybridized carbons (Fsp3) is 0.385. The molecule has 0 amide bonds. The molecule has 1 aliphatic heterocycles. The van der Waals surface area contributed by atoms with E-state index in [1.165, 1.54) is 18.6 Å². The van der Waals surface area contributed by atoms with Crippen LogP contribution >= 0.6 is 0 Å². The third-order valence-corrected chi connectivity index (χ3v) is 3.44. The van der Waals surface area contributed by atoms with E-state index in [0.29, 0.717) is 11.9 Å². The summed E-state index contributed by atoms with van der Waals surface area (Å²) in [5, 5.41) is 18.4. The van der Waals surface area contributed by atoms with Crippen molar-refractivity contribution in [2.24, 2.45) is 0 Å². The van der Waals surface area contributed by atoms with Crippen LogP contribution in [0.25, 0.3) is 11.4 Å². The third kappa shape index (κ3) is 2.67. The lowest BCUT2D eigenvalue weighted by Crippen LogP contribution is -2.26. The molecule has 1 fully saturated rings. The number of nitrogens with one attached hydrogen (secondary N) is 1. The van der Waals surface area contributed by atoms with Gasteiger partial charge in [-0.3, -0.25) is 14.8 Å². The second kappa shape index (κ2) is 5.38. The van der Waals surface area contributed by atoms with E-state index in [-0.39, 0.29) is 5.69 Å². The van der Waals surface area contributed by atoms with Crippen LogP contribution in [-0.4, -0.2) is 32.3 Å². The molecule has 104 valence electrons. The monoisotopic (exact) mass is 273 g/mol. The minimum absolute atomic E-state index is 0.0725. The number of aromatic nitrogens is 3.